The Morgan fingerprint density at radius 3 is 2.59 bits per heavy atom. The Hall–Kier alpha value is -1.09. The summed E-state index contributed by atoms with van der Waals surface area (Å²) >= 11 is 3.64. The predicted molar refractivity (Wildman–Crippen MR) is 77.8 cm³/mol. The van der Waals surface area contributed by atoms with Gasteiger partial charge in [-0.1, -0.05) is 19.1 Å². The molecule has 0 saturated heterocycles. The fourth-order valence-electron chi connectivity index (χ4n) is 2.21. The third kappa shape index (κ3) is 1.93. The van der Waals surface area contributed by atoms with E-state index < -0.39 is 0 Å². The number of hydrogen-bond acceptors (Lipinski definition) is 2. The van der Waals surface area contributed by atoms with E-state index in [1.54, 1.807) is 0 Å². The first-order chi connectivity index (χ1) is 8.10. The smallest absolute Gasteiger partial charge is 0.0870 e. The molecule has 1 heterocycles. The van der Waals surface area contributed by atoms with Crippen molar-refractivity contribution in [2.45, 2.75) is 27.2 Å². The summed E-state index contributed by atoms with van der Waals surface area (Å²) in [6.45, 7) is 6.37. The van der Waals surface area contributed by atoms with Crippen molar-refractivity contribution in [3.63, 3.8) is 0 Å². The summed E-state index contributed by atoms with van der Waals surface area (Å²) in [5.74, 6) is 0. The van der Waals surface area contributed by atoms with E-state index >= 15 is 0 Å². The maximum absolute atomic E-state index is 4.78. The number of halogens is 1. The lowest BCUT2D eigenvalue weighted by molar-refractivity contribution is 1.03. The second kappa shape index (κ2) is 4.65. The molecule has 3 heteroatoms. The zero-order valence-corrected chi connectivity index (χ0v) is 12.3. The van der Waals surface area contributed by atoms with Gasteiger partial charge in [0.25, 0.3) is 0 Å². The number of benzene rings is 1. The molecule has 0 saturated carbocycles. The van der Waals surface area contributed by atoms with Crippen LogP contribution in [0.15, 0.2) is 16.6 Å². The minimum absolute atomic E-state index is 0.955. The highest BCUT2D eigenvalue weighted by Gasteiger charge is 2.12. The Kier molecular flexibility index (Phi) is 3.38. The molecule has 0 amide bonds. The van der Waals surface area contributed by atoms with Crippen molar-refractivity contribution >= 4 is 32.5 Å². The van der Waals surface area contributed by atoms with E-state index in [4.69, 9.17) is 4.98 Å². The van der Waals surface area contributed by atoms with E-state index in [-0.39, 0.29) is 0 Å². The molecule has 1 aromatic heterocycles. The van der Waals surface area contributed by atoms with Crippen molar-refractivity contribution in [3.8, 4) is 0 Å². The molecule has 1 N–H and O–H groups in total. The first kappa shape index (κ1) is 12.4. The van der Waals surface area contributed by atoms with Gasteiger partial charge in [0, 0.05) is 28.3 Å². The number of rotatable bonds is 2. The number of fused-ring (bicyclic) bond motifs is 1. The summed E-state index contributed by atoms with van der Waals surface area (Å²) < 4.78 is 1.10. The molecule has 0 unspecified atom stereocenters. The third-order valence-electron chi connectivity index (χ3n) is 3.22. The number of pyridine rings is 1. The van der Waals surface area contributed by atoms with E-state index in [9.17, 15) is 0 Å². The maximum Gasteiger partial charge on any atom is 0.0870 e. The second-order valence-corrected chi connectivity index (χ2v) is 5.05. The first-order valence-corrected chi connectivity index (χ1v) is 6.65. The largest absolute Gasteiger partial charge is 0.387 e. The molecule has 0 radical (unpaired) electrons. The van der Waals surface area contributed by atoms with Gasteiger partial charge in [-0.3, -0.25) is 4.98 Å². The number of nitrogens with one attached hydrogen (secondary N) is 1. The number of anilines is 1. The summed E-state index contributed by atoms with van der Waals surface area (Å²) in [4.78, 5) is 4.78. The summed E-state index contributed by atoms with van der Waals surface area (Å²) in [7, 11) is 1.97. The molecule has 1 aromatic carbocycles. The van der Waals surface area contributed by atoms with Gasteiger partial charge in [0.2, 0.25) is 0 Å². The summed E-state index contributed by atoms with van der Waals surface area (Å²) in [6, 6.07) is 4.26. The fraction of sp³-hybridized carbons (Fsp3) is 0.357. The highest BCUT2D eigenvalue weighted by atomic mass is 79.9. The van der Waals surface area contributed by atoms with Crippen LogP contribution in [0.1, 0.15) is 23.7 Å². The second-order valence-electron chi connectivity index (χ2n) is 4.25. The van der Waals surface area contributed by atoms with Gasteiger partial charge in [-0.05, 0) is 47.3 Å². The number of hydrogen-bond donors (Lipinski definition) is 1. The molecule has 2 nitrogen and oxygen atoms in total. The minimum atomic E-state index is 0.955. The van der Waals surface area contributed by atoms with Crippen LogP contribution in [-0.4, -0.2) is 12.0 Å². The average molecular weight is 293 g/mol. The number of nitrogens with zero attached hydrogens (tertiary/aromatic N) is 1. The number of aryl methyl sites for hydroxylation is 2. The third-order valence-corrected chi connectivity index (χ3v) is 4.22. The molecule has 0 spiro atoms. The predicted octanol–water partition coefficient (Wildman–Crippen LogP) is 4.22. The Morgan fingerprint density at radius 2 is 2.00 bits per heavy atom. The van der Waals surface area contributed by atoms with Gasteiger partial charge in [0.05, 0.1) is 5.52 Å². The van der Waals surface area contributed by atoms with E-state index in [1.165, 1.54) is 22.2 Å². The Balaban J connectivity index is 2.92. The SMILES string of the molecule is CCc1nc2c(Br)c(C)ccc2c(NC)c1C. The molecule has 0 bridgehead atoms. The highest BCUT2D eigenvalue weighted by Crippen LogP contribution is 2.33. The lowest BCUT2D eigenvalue weighted by atomic mass is 10.0. The molecule has 0 aliphatic heterocycles. The summed E-state index contributed by atoms with van der Waals surface area (Å²) in [5, 5.41) is 4.48. The monoisotopic (exact) mass is 292 g/mol. The Morgan fingerprint density at radius 1 is 1.29 bits per heavy atom. The van der Waals surface area contributed by atoms with Gasteiger partial charge in [0.15, 0.2) is 0 Å². The molecular weight excluding hydrogens is 276 g/mol. The van der Waals surface area contributed by atoms with Gasteiger partial charge in [0.1, 0.15) is 0 Å². The van der Waals surface area contributed by atoms with Gasteiger partial charge >= 0.3 is 0 Å². The van der Waals surface area contributed by atoms with Crippen LogP contribution >= 0.6 is 15.9 Å². The standard InChI is InChI=1S/C14H17BrN2/c1-5-11-9(3)13(16-4)10-7-6-8(2)12(15)14(10)17-11/h6-7H,5H2,1-4H3,(H,16,17). The molecule has 2 aromatic rings. The van der Waals surface area contributed by atoms with Crippen LogP contribution in [0.4, 0.5) is 5.69 Å². The molecule has 0 aliphatic carbocycles. The van der Waals surface area contributed by atoms with Crippen molar-refractivity contribution < 1.29 is 0 Å². The van der Waals surface area contributed by atoms with Gasteiger partial charge in [-0.2, -0.15) is 0 Å². The van der Waals surface area contributed by atoms with Crippen LogP contribution in [0.3, 0.4) is 0 Å². The summed E-state index contributed by atoms with van der Waals surface area (Å²) in [6.07, 6.45) is 0.955. The van der Waals surface area contributed by atoms with Gasteiger partial charge in [-0.25, -0.2) is 0 Å². The molecule has 0 atom stereocenters. The van der Waals surface area contributed by atoms with Gasteiger partial charge < -0.3 is 5.32 Å². The molecule has 17 heavy (non-hydrogen) atoms. The van der Waals surface area contributed by atoms with Crippen molar-refractivity contribution in [3.05, 3.63) is 33.4 Å². The zero-order chi connectivity index (χ0) is 12.6. The fourth-order valence-corrected chi connectivity index (χ4v) is 2.64. The molecule has 2 rings (SSSR count). The van der Waals surface area contributed by atoms with Crippen LogP contribution in [0.5, 0.6) is 0 Å². The van der Waals surface area contributed by atoms with Crippen molar-refractivity contribution in [2.24, 2.45) is 0 Å². The van der Waals surface area contributed by atoms with Crippen LogP contribution in [0.25, 0.3) is 10.9 Å². The maximum atomic E-state index is 4.78. The van der Waals surface area contributed by atoms with E-state index in [0.29, 0.717) is 0 Å². The van der Waals surface area contributed by atoms with Crippen LogP contribution in [-0.2, 0) is 6.42 Å². The van der Waals surface area contributed by atoms with E-state index in [1.807, 2.05) is 7.05 Å². The van der Waals surface area contributed by atoms with Crippen molar-refractivity contribution in [1.29, 1.82) is 0 Å². The molecule has 0 fully saturated rings. The normalized spacial score (nSPS) is 10.9. The molecule has 90 valence electrons. The van der Waals surface area contributed by atoms with E-state index in [0.717, 1.165) is 22.1 Å². The molecule has 0 aliphatic rings. The quantitative estimate of drug-likeness (QED) is 0.896. The van der Waals surface area contributed by atoms with E-state index in [2.05, 4.69) is 54.2 Å². The van der Waals surface area contributed by atoms with Crippen molar-refractivity contribution in [2.75, 3.05) is 12.4 Å². The lowest BCUT2D eigenvalue weighted by Gasteiger charge is -2.14. The Labute approximate surface area is 111 Å². The number of aromatic nitrogens is 1. The average Bonchev–Trinajstić information content (AvgIpc) is 2.33. The Bertz CT molecular complexity index is 576. The highest BCUT2D eigenvalue weighted by molar-refractivity contribution is 9.10. The van der Waals surface area contributed by atoms with Crippen LogP contribution < -0.4 is 5.32 Å². The van der Waals surface area contributed by atoms with Gasteiger partial charge in [-0.15, -0.1) is 0 Å². The lowest BCUT2D eigenvalue weighted by Crippen LogP contribution is -2.01. The summed E-state index contributed by atoms with van der Waals surface area (Å²) in [5.41, 5.74) is 5.87. The molecular formula is C14H17BrN2. The first-order valence-electron chi connectivity index (χ1n) is 5.86. The zero-order valence-electron chi connectivity index (χ0n) is 10.7. The van der Waals surface area contributed by atoms with Crippen molar-refractivity contribution in [1.82, 2.24) is 4.98 Å². The topological polar surface area (TPSA) is 24.9 Å². The van der Waals surface area contributed by atoms with Crippen LogP contribution in [0.2, 0.25) is 0 Å². The minimum Gasteiger partial charge on any atom is -0.387 e. The van der Waals surface area contributed by atoms with Crippen LogP contribution in [0, 0.1) is 13.8 Å².